The Morgan fingerprint density at radius 1 is 1.03 bits per heavy atom. The van der Waals surface area contributed by atoms with Gasteiger partial charge in [0, 0.05) is 34.5 Å². The Hall–Kier alpha value is -4.46. The molecule has 8 nitrogen and oxygen atoms in total. The zero-order valence-electron chi connectivity index (χ0n) is 17.9. The van der Waals surface area contributed by atoms with Crippen LogP contribution in [0, 0.1) is 10.1 Å². The maximum atomic E-state index is 13.4. The molecular weight excluding hydrogens is 422 g/mol. The first-order valence-corrected chi connectivity index (χ1v) is 10.4. The van der Waals surface area contributed by atoms with E-state index in [9.17, 15) is 19.7 Å². The summed E-state index contributed by atoms with van der Waals surface area (Å²) < 4.78 is 5.48. The van der Waals surface area contributed by atoms with Crippen LogP contribution in [-0.2, 0) is 6.54 Å². The zero-order chi connectivity index (χ0) is 23.4. The molecule has 0 fully saturated rings. The molecule has 0 unspecified atom stereocenters. The Morgan fingerprint density at radius 3 is 2.39 bits per heavy atom. The number of carbonyl (C=O) groups excluding carboxylic acids is 1. The maximum Gasteiger partial charge on any atom is 0.269 e. The van der Waals surface area contributed by atoms with E-state index in [1.165, 1.54) is 29.2 Å². The van der Waals surface area contributed by atoms with E-state index in [0.717, 1.165) is 5.39 Å². The largest absolute Gasteiger partial charge is 0.494 e. The third-order valence-electron chi connectivity index (χ3n) is 5.19. The van der Waals surface area contributed by atoms with Crippen molar-refractivity contribution in [2.45, 2.75) is 13.5 Å². The van der Waals surface area contributed by atoms with Crippen molar-refractivity contribution >= 4 is 28.2 Å². The van der Waals surface area contributed by atoms with Gasteiger partial charge >= 0.3 is 0 Å². The van der Waals surface area contributed by atoms with E-state index in [0.29, 0.717) is 29.1 Å². The fourth-order valence-electron chi connectivity index (χ4n) is 3.53. The standard InChI is InChI=1S/C25H21N3O5/c1-2-33-22-13-11-20(12-14-22)27(25(30)17-7-9-21(10-8-17)28(31)32)16-19-15-18-5-3-4-6-23(18)26-24(19)29/h3-15H,2,16H2,1H3,(H,26,29). The van der Waals surface area contributed by atoms with Crippen LogP contribution in [0.15, 0.2) is 83.7 Å². The van der Waals surface area contributed by atoms with E-state index < -0.39 is 4.92 Å². The summed E-state index contributed by atoms with van der Waals surface area (Å²) in [6.07, 6.45) is 0. The minimum Gasteiger partial charge on any atom is -0.494 e. The number of aromatic amines is 1. The third-order valence-corrected chi connectivity index (χ3v) is 5.19. The van der Waals surface area contributed by atoms with E-state index in [1.54, 1.807) is 30.3 Å². The molecule has 0 aliphatic rings. The molecule has 4 aromatic rings. The number of nitrogens with zero attached hydrogens (tertiary/aromatic N) is 2. The van der Waals surface area contributed by atoms with E-state index in [1.807, 2.05) is 31.2 Å². The average molecular weight is 443 g/mol. The molecule has 0 saturated heterocycles. The number of fused-ring (bicyclic) bond motifs is 1. The molecule has 1 aromatic heterocycles. The smallest absolute Gasteiger partial charge is 0.269 e. The average Bonchev–Trinajstić information content (AvgIpc) is 2.83. The van der Waals surface area contributed by atoms with Crippen molar-refractivity contribution in [3.05, 3.63) is 110 Å². The number of nitro benzene ring substituents is 1. The molecule has 4 rings (SSSR count). The molecule has 0 aliphatic carbocycles. The van der Waals surface area contributed by atoms with Gasteiger partial charge in [-0.1, -0.05) is 18.2 Å². The predicted molar refractivity (Wildman–Crippen MR) is 126 cm³/mol. The number of H-pyrrole nitrogens is 1. The van der Waals surface area contributed by atoms with Crippen LogP contribution in [-0.4, -0.2) is 22.4 Å². The van der Waals surface area contributed by atoms with Gasteiger partial charge in [0.25, 0.3) is 17.2 Å². The Morgan fingerprint density at radius 2 is 1.73 bits per heavy atom. The van der Waals surface area contributed by atoms with Crippen molar-refractivity contribution in [1.82, 2.24) is 4.98 Å². The first-order valence-electron chi connectivity index (χ1n) is 10.4. The fourth-order valence-corrected chi connectivity index (χ4v) is 3.53. The number of amides is 1. The van der Waals surface area contributed by atoms with Gasteiger partial charge in [-0.2, -0.15) is 0 Å². The van der Waals surface area contributed by atoms with Gasteiger partial charge in [-0.05, 0) is 60.8 Å². The number of rotatable bonds is 7. The lowest BCUT2D eigenvalue weighted by molar-refractivity contribution is -0.384. The normalized spacial score (nSPS) is 10.7. The van der Waals surface area contributed by atoms with Crippen LogP contribution in [0.4, 0.5) is 11.4 Å². The first-order chi connectivity index (χ1) is 16.0. The summed E-state index contributed by atoms with van der Waals surface area (Å²) in [5.74, 6) is 0.272. The second kappa shape index (κ2) is 9.35. The zero-order valence-corrected chi connectivity index (χ0v) is 17.9. The van der Waals surface area contributed by atoms with E-state index in [-0.39, 0.29) is 29.3 Å². The molecule has 0 bridgehead atoms. The van der Waals surface area contributed by atoms with Gasteiger partial charge < -0.3 is 14.6 Å². The molecule has 166 valence electrons. The summed E-state index contributed by atoms with van der Waals surface area (Å²) >= 11 is 0. The number of ether oxygens (including phenoxy) is 1. The number of pyridine rings is 1. The molecule has 0 radical (unpaired) electrons. The first kappa shape index (κ1) is 21.8. The highest BCUT2D eigenvalue weighted by atomic mass is 16.6. The number of non-ortho nitro benzene ring substituents is 1. The number of hydrogen-bond acceptors (Lipinski definition) is 5. The van der Waals surface area contributed by atoms with E-state index in [2.05, 4.69) is 4.98 Å². The highest BCUT2D eigenvalue weighted by Crippen LogP contribution is 2.24. The van der Waals surface area contributed by atoms with E-state index >= 15 is 0 Å². The number of anilines is 1. The van der Waals surface area contributed by atoms with Gasteiger partial charge in [-0.3, -0.25) is 19.7 Å². The topological polar surface area (TPSA) is 106 Å². The number of nitrogens with one attached hydrogen (secondary N) is 1. The highest BCUT2D eigenvalue weighted by Gasteiger charge is 2.21. The monoisotopic (exact) mass is 443 g/mol. The van der Waals surface area contributed by atoms with Crippen molar-refractivity contribution < 1.29 is 14.5 Å². The fraction of sp³-hybridized carbons (Fsp3) is 0.120. The molecule has 3 aromatic carbocycles. The molecule has 0 spiro atoms. The minimum atomic E-state index is -0.521. The lowest BCUT2D eigenvalue weighted by atomic mass is 10.1. The summed E-state index contributed by atoms with van der Waals surface area (Å²) in [4.78, 5) is 40.9. The summed E-state index contributed by atoms with van der Waals surface area (Å²) in [5.41, 5.74) is 1.56. The van der Waals surface area contributed by atoms with Crippen LogP contribution in [0.2, 0.25) is 0 Å². The Bertz CT molecular complexity index is 1360. The predicted octanol–water partition coefficient (Wildman–Crippen LogP) is 4.68. The molecule has 8 heteroatoms. The van der Waals surface area contributed by atoms with Gasteiger partial charge in [-0.15, -0.1) is 0 Å². The molecule has 0 saturated carbocycles. The summed E-state index contributed by atoms with van der Waals surface area (Å²) in [6, 6.07) is 21.5. The Balaban J connectivity index is 1.74. The van der Waals surface area contributed by atoms with Crippen LogP contribution < -0.4 is 15.2 Å². The molecular formula is C25H21N3O5. The SMILES string of the molecule is CCOc1ccc(N(Cc2cc3ccccc3[nH]c2=O)C(=O)c2ccc([N+](=O)[O-])cc2)cc1. The maximum absolute atomic E-state index is 13.4. The van der Waals surface area contributed by atoms with Crippen molar-refractivity contribution in [2.75, 3.05) is 11.5 Å². The molecule has 0 atom stereocenters. The van der Waals surface area contributed by atoms with Crippen molar-refractivity contribution in [2.24, 2.45) is 0 Å². The van der Waals surface area contributed by atoms with Crippen LogP contribution in [0.25, 0.3) is 10.9 Å². The number of hydrogen-bond donors (Lipinski definition) is 1. The molecule has 1 amide bonds. The number of benzene rings is 3. The number of nitro groups is 1. The molecule has 33 heavy (non-hydrogen) atoms. The number of aromatic nitrogens is 1. The van der Waals surface area contributed by atoms with Crippen LogP contribution in [0.1, 0.15) is 22.8 Å². The van der Waals surface area contributed by atoms with Gasteiger partial charge in [0.2, 0.25) is 0 Å². The lowest BCUT2D eigenvalue weighted by Gasteiger charge is -2.23. The lowest BCUT2D eigenvalue weighted by Crippen LogP contribution is -2.32. The third kappa shape index (κ3) is 4.74. The van der Waals surface area contributed by atoms with Gasteiger partial charge in [-0.25, -0.2) is 0 Å². The summed E-state index contributed by atoms with van der Waals surface area (Å²) in [6.45, 7) is 2.41. The van der Waals surface area contributed by atoms with Crippen LogP contribution in [0.5, 0.6) is 5.75 Å². The van der Waals surface area contributed by atoms with E-state index in [4.69, 9.17) is 4.74 Å². The molecule has 1 heterocycles. The summed E-state index contributed by atoms with van der Waals surface area (Å²) in [7, 11) is 0. The Kier molecular flexibility index (Phi) is 6.17. The number of para-hydroxylation sites is 1. The molecule has 1 N–H and O–H groups in total. The number of carbonyl (C=O) groups is 1. The van der Waals surface area contributed by atoms with Gasteiger partial charge in [0.1, 0.15) is 5.75 Å². The highest BCUT2D eigenvalue weighted by molar-refractivity contribution is 6.06. The minimum absolute atomic E-state index is 0.0178. The van der Waals surface area contributed by atoms with Crippen molar-refractivity contribution in [3.63, 3.8) is 0 Å². The van der Waals surface area contributed by atoms with Crippen molar-refractivity contribution in [3.8, 4) is 5.75 Å². The van der Waals surface area contributed by atoms with Crippen molar-refractivity contribution in [1.29, 1.82) is 0 Å². The van der Waals surface area contributed by atoms with Crippen LogP contribution in [0.3, 0.4) is 0 Å². The summed E-state index contributed by atoms with van der Waals surface area (Å²) in [5, 5.41) is 11.8. The second-order valence-electron chi connectivity index (χ2n) is 7.33. The van der Waals surface area contributed by atoms with Gasteiger partial charge in [0.15, 0.2) is 0 Å². The quantitative estimate of drug-likeness (QED) is 0.330. The second-order valence-corrected chi connectivity index (χ2v) is 7.33. The molecule has 0 aliphatic heterocycles. The Labute approximate surface area is 189 Å². The van der Waals surface area contributed by atoms with Gasteiger partial charge in [0.05, 0.1) is 18.1 Å². The van der Waals surface area contributed by atoms with Crippen LogP contribution >= 0.6 is 0 Å².